The molecule has 1 aromatic heterocycles. The van der Waals surface area contributed by atoms with Gasteiger partial charge in [-0.3, -0.25) is 9.88 Å². The Labute approximate surface area is 107 Å². The summed E-state index contributed by atoms with van der Waals surface area (Å²) >= 11 is 0. The predicted molar refractivity (Wildman–Crippen MR) is 69.5 cm³/mol. The lowest BCUT2D eigenvalue weighted by molar-refractivity contribution is -0.138. The molecule has 5 nitrogen and oxygen atoms in total. The van der Waals surface area contributed by atoms with Gasteiger partial charge in [0.05, 0.1) is 5.69 Å². The number of esters is 1. The van der Waals surface area contributed by atoms with Crippen molar-refractivity contribution in [2.45, 2.75) is 13.5 Å². The fourth-order valence-electron chi connectivity index (χ4n) is 1.38. The van der Waals surface area contributed by atoms with Gasteiger partial charge in [0.1, 0.15) is 6.61 Å². The van der Waals surface area contributed by atoms with Crippen LogP contribution in [-0.4, -0.2) is 36.1 Å². The first kappa shape index (κ1) is 14.2. The number of aromatic nitrogens is 1. The molecule has 1 rings (SSSR count). The SMILES string of the molecule is C/C(N)=C/C(=O)OCCN(C)Cc1ccccn1. The Morgan fingerprint density at radius 2 is 2.33 bits per heavy atom. The molecule has 0 radical (unpaired) electrons. The minimum Gasteiger partial charge on any atom is -0.461 e. The van der Waals surface area contributed by atoms with Crippen molar-refractivity contribution in [3.8, 4) is 0 Å². The summed E-state index contributed by atoms with van der Waals surface area (Å²) in [5.41, 5.74) is 6.80. The van der Waals surface area contributed by atoms with E-state index in [-0.39, 0.29) is 0 Å². The first-order valence-electron chi connectivity index (χ1n) is 5.77. The first-order valence-corrected chi connectivity index (χ1v) is 5.77. The number of carbonyl (C=O) groups excluding carboxylic acids is 1. The largest absolute Gasteiger partial charge is 0.461 e. The molecule has 0 aliphatic heterocycles. The monoisotopic (exact) mass is 249 g/mol. The van der Waals surface area contributed by atoms with Gasteiger partial charge in [0.15, 0.2) is 0 Å². The third-order valence-electron chi connectivity index (χ3n) is 2.22. The van der Waals surface area contributed by atoms with Crippen LogP contribution in [0.2, 0.25) is 0 Å². The lowest BCUT2D eigenvalue weighted by atomic mass is 10.3. The van der Waals surface area contributed by atoms with Crippen molar-refractivity contribution in [3.05, 3.63) is 41.9 Å². The zero-order valence-corrected chi connectivity index (χ0v) is 10.8. The van der Waals surface area contributed by atoms with E-state index in [0.29, 0.717) is 18.8 Å². The number of ether oxygens (including phenoxy) is 1. The number of likely N-dealkylation sites (N-methyl/N-ethyl adjacent to an activating group) is 1. The third kappa shape index (κ3) is 6.00. The molecule has 0 atom stereocenters. The average Bonchev–Trinajstić information content (AvgIpc) is 2.29. The summed E-state index contributed by atoms with van der Waals surface area (Å²) in [4.78, 5) is 17.4. The quantitative estimate of drug-likeness (QED) is 0.599. The van der Waals surface area contributed by atoms with Crippen molar-refractivity contribution in [2.24, 2.45) is 5.73 Å². The summed E-state index contributed by atoms with van der Waals surface area (Å²) in [5.74, 6) is -0.402. The van der Waals surface area contributed by atoms with Crippen LogP contribution in [0.25, 0.3) is 0 Å². The molecule has 0 saturated heterocycles. The van der Waals surface area contributed by atoms with Crippen LogP contribution in [-0.2, 0) is 16.1 Å². The topological polar surface area (TPSA) is 68.5 Å². The van der Waals surface area contributed by atoms with Gasteiger partial charge < -0.3 is 10.5 Å². The van der Waals surface area contributed by atoms with Crippen molar-refractivity contribution in [1.29, 1.82) is 0 Å². The highest BCUT2D eigenvalue weighted by Gasteiger charge is 2.03. The molecule has 1 aromatic rings. The zero-order chi connectivity index (χ0) is 13.4. The molecule has 2 N–H and O–H groups in total. The Bertz CT molecular complexity index is 400. The Hall–Kier alpha value is -1.88. The summed E-state index contributed by atoms with van der Waals surface area (Å²) in [6.07, 6.45) is 3.04. The molecule has 0 aromatic carbocycles. The summed E-state index contributed by atoms with van der Waals surface area (Å²) in [7, 11) is 1.95. The van der Waals surface area contributed by atoms with E-state index in [9.17, 15) is 4.79 Å². The highest BCUT2D eigenvalue weighted by atomic mass is 16.5. The molecule has 0 aliphatic rings. The van der Waals surface area contributed by atoms with Gasteiger partial charge in [-0.2, -0.15) is 0 Å². The van der Waals surface area contributed by atoms with Crippen LogP contribution in [0.3, 0.4) is 0 Å². The second-order valence-corrected chi connectivity index (χ2v) is 4.11. The van der Waals surface area contributed by atoms with Crippen LogP contribution in [0, 0.1) is 0 Å². The first-order chi connectivity index (χ1) is 8.58. The molecular formula is C13H19N3O2. The van der Waals surface area contributed by atoms with E-state index in [1.54, 1.807) is 13.1 Å². The molecule has 0 bridgehead atoms. The molecule has 0 aliphatic carbocycles. The van der Waals surface area contributed by atoms with Crippen molar-refractivity contribution < 1.29 is 9.53 Å². The molecule has 0 unspecified atom stereocenters. The Kier molecular flexibility index (Phi) is 5.87. The van der Waals surface area contributed by atoms with E-state index in [1.165, 1.54) is 6.08 Å². The molecule has 0 amide bonds. The maximum atomic E-state index is 11.2. The summed E-state index contributed by atoms with van der Waals surface area (Å²) in [6, 6.07) is 5.79. The fourth-order valence-corrected chi connectivity index (χ4v) is 1.38. The van der Waals surface area contributed by atoms with E-state index >= 15 is 0 Å². The normalized spacial score (nSPS) is 11.6. The van der Waals surface area contributed by atoms with Gasteiger partial charge in [0.25, 0.3) is 0 Å². The average molecular weight is 249 g/mol. The number of carbonyl (C=O) groups is 1. The summed E-state index contributed by atoms with van der Waals surface area (Å²) in [5, 5.41) is 0. The van der Waals surface area contributed by atoms with E-state index in [2.05, 4.69) is 4.98 Å². The lowest BCUT2D eigenvalue weighted by Crippen LogP contribution is -2.24. The molecule has 0 fully saturated rings. The number of hydrogen-bond acceptors (Lipinski definition) is 5. The Balaban J connectivity index is 2.24. The predicted octanol–water partition coefficient (Wildman–Crippen LogP) is 0.919. The third-order valence-corrected chi connectivity index (χ3v) is 2.22. The smallest absolute Gasteiger partial charge is 0.332 e. The van der Waals surface area contributed by atoms with Crippen molar-refractivity contribution >= 4 is 5.97 Å². The van der Waals surface area contributed by atoms with E-state index in [4.69, 9.17) is 10.5 Å². The number of allylic oxidation sites excluding steroid dienone is 1. The van der Waals surface area contributed by atoms with Crippen molar-refractivity contribution in [1.82, 2.24) is 9.88 Å². The van der Waals surface area contributed by atoms with Crippen molar-refractivity contribution in [3.63, 3.8) is 0 Å². The highest BCUT2D eigenvalue weighted by Crippen LogP contribution is 1.98. The Morgan fingerprint density at radius 3 is 2.94 bits per heavy atom. The molecule has 98 valence electrons. The number of nitrogens with zero attached hydrogens (tertiary/aromatic N) is 2. The molecule has 0 spiro atoms. The highest BCUT2D eigenvalue weighted by molar-refractivity contribution is 5.82. The second-order valence-electron chi connectivity index (χ2n) is 4.11. The van der Waals surface area contributed by atoms with Gasteiger partial charge in [0, 0.05) is 31.1 Å². The number of nitrogens with two attached hydrogens (primary N) is 1. The van der Waals surface area contributed by atoms with E-state index in [1.807, 2.05) is 30.1 Å². The molecule has 5 heteroatoms. The van der Waals surface area contributed by atoms with Gasteiger partial charge in [-0.05, 0) is 26.1 Å². The van der Waals surface area contributed by atoms with Crippen LogP contribution in [0.4, 0.5) is 0 Å². The van der Waals surface area contributed by atoms with Crippen LogP contribution in [0.1, 0.15) is 12.6 Å². The maximum Gasteiger partial charge on any atom is 0.332 e. The lowest BCUT2D eigenvalue weighted by Gasteiger charge is -2.15. The minimum atomic E-state index is -0.402. The maximum absolute atomic E-state index is 11.2. The number of rotatable bonds is 6. The Morgan fingerprint density at radius 1 is 1.56 bits per heavy atom. The summed E-state index contributed by atoms with van der Waals surface area (Å²) in [6.45, 7) is 3.37. The standard InChI is InChI=1S/C13H19N3O2/c1-11(14)9-13(17)18-8-7-16(2)10-12-5-3-4-6-15-12/h3-6,9H,7-8,10,14H2,1-2H3/b11-9-. The van der Waals surface area contributed by atoms with Crippen molar-refractivity contribution in [2.75, 3.05) is 20.2 Å². The van der Waals surface area contributed by atoms with Gasteiger partial charge in [-0.1, -0.05) is 6.07 Å². The van der Waals surface area contributed by atoms with E-state index < -0.39 is 5.97 Å². The summed E-state index contributed by atoms with van der Waals surface area (Å²) < 4.78 is 5.00. The van der Waals surface area contributed by atoms with Gasteiger partial charge in [-0.25, -0.2) is 4.79 Å². The number of hydrogen-bond donors (Lipinski definition) is 1. The fraction of sp³-hybridized carbons (Fsp3) is 0.385. The molecule has 18 heavy (non-hydrogen) atoms. The van der Waals surface area contributed by atoms with Crippen LogP contribution in [0.5, 0.6) is 0 Å². The van der Waals surface area contributed by atoms with E-state index in [0.717, 1.165) is 12.2 Å². The van der Waals surface area contributed by atoms with Crippen LogP contribution in [0.15, 0.2) is 36.2 Å². The van der Waals surface area contributed by atoms with Gasteiger partial charge in [0.2, 0.25) is 0 Å². The van der Waals surface area contributed by atoms with Crippen LogP contribution >= 0.6 is 0 Å². The molecule has 0 saturated carbocycles. The zero-order valence-electron chi connectivity index (χ0n) is 10.8. The minimum absolute atomic E-state index is 0.339. The number of pyridine rings is 1. The van der Waals surface area contributed by atoms with Gasteiger partial charge in [-0.15, -0.1) is 0 Å². The second kappa shape index (κ2) is 7.45. The molecule has 1 heterocycles. The van der Waals surface area contributed by atoms with Crippen LogP contribution < -0.4 is 5.73 Å². The van der Waals surface area contributed by atoms with Gasteiger partial charge >= 0.3 is 5.97 Å². The molecular weight excluding hydrogens is 230 g/mol.